The van der Waals surface area contributed by atoms with Gasteiger partial charge in [0, 0.05) is 6.42 Å². The predicted molar refractivity (Wildman–Crippen MR) is 74.0 cm³/mol. The third-order valence-electron chi connectivity index (χ3n) is 3.58. The van der Waals surface area contributed by atoms with E-state index in [1.54, 1.807) is 0 Å². The second kappa shape index (κ2) is 6.07. The summed E-state index contributed by atoms with van der Waals surface area (Å²) < 4.78 is 32.3. The number of piperidine rings is 1. The summed E-state index contributed by atoms with van der Waals surface area (Å²) >= 11 is 5.52. The molecule has 0 saturated carbocycles. The second-order valence-corrected chi connectivity index (χ2v) is 5.59. The SMILES string of the molecule is Fc1cc(-c2nc(CC3CCCNC3)no2)c(F)cc1Cl. The van der Waals surface area contributed by atoms with Gasteiger partial charge < -0.3 is 9.84 Å². The van der Waals surface area contributed by atoms with Crippen LogP contribution in [0.25, 0.3) is 11.5 Å². The summed E-state index contributed by atoms with van der Waals surface area (Å²) in [4.78, 5) is 4.15. The number of halogens is 3. The molecule has 1 N–H and O–H groups in total. The van der Waals surface area contributed by atoms with Gasteiger partial charge in [0.25, 0.3) is 5.89 Å². The zero-order chi connectivity index (χ0) is 14.8. The van der Waals surface area contributed by atoms with Gasteiger partial charge in [-0.05, 0) is 44.0 Å². The minimum absolute atomic E-state index is 0.0261. The lowest BCUT2D eigenvalue weighted by atomic mass is 9.96. The van der Waals surface area contributed by atoms with Gasteiger partial charge in [0.2, 0.25) is 0 Å². The first-order valence-electron chi connectivity index (χ1n) is 6.81. The van der Waals surface area contributed by atoms with Crippen LogP contribution in [-0.4, -0.2) is 23.2 Å². The van der Waals surface area contributed by atoms with Crippen molar-refractivity contribution in [3.05, 3.63) is 34.6 Å². The van der Waals surface area contributed by atoms with Crippen LogP contribution in [0.3, 0.4) is 0 Å². The molecule has 0 bridgehead atoms. The molecule has 3 rings (SSSR count). The summed E-state index contributed by atoms with van der Waals surface area (Å²) in [5.74, 6) is -0.480. The van der Waals surface area contributed by atoms with Crippen LogP contribution in [0.2, 0.25) is 5.02 Å². The summed E-state index contributed by atoms with van der Waals surface area (Å²) in [5.41, 5.74) is -0.0718. The normalized spacial score (nSPS) is 18.9. The first-order valence-corrected chi connectivity index (χ1v) is 7.19. The van der Waals surface area contributed by atoms with E-state index in [1.165, 1.54) is 0 Å². The van der Waals surface area contributed by atoms with Crippen LogP contribution in [0.4, 0.5) is 8.78 Å². The van der Waals surface area contributed by atoms with Crippen molar-refractivity contribution < 1.29 is 13.3 Å². The Bertz CT molecular complexity index is 641. The number of benzene rings is 1. The highest BCUT2D eigenvalue weighted by atomic mass is 35.5. The average Bonchev–Trinajstić information content (AvgIpc) is 2.92. The molecule has 0 radical (unpaired) electrons. The maximum Gasteiger partial charge on any atom is 0.261 e. The topological polar surface area (TPSA) is 51.0 Å². The van der Waals surface area contributed by atoms with Crippen LogP contribution >= 0.6 is 11.6 Å². The zero-order valence-corrected chi connectivity index (χ0v) is 12.0. The van der Waals surface area contributed by atoms with Crippen LogP contribution in [0, 0.1) is 17.6 Å². The molecule has 112 valence electrons. The molecule has 4 nitrogen and oxygen atoms in total. The Morgan fingerprint density at radius 3 is 2.95 bits per heavy atom. The van der Waals surface area contributed by atoms with Crippen molar-refractivity contribution >= 4 is 11.6 Å². The zero-order valence-electron chi connectivity index (χ0n) is 11.2. The van der Waals surface area contributed by atoms with E-state index < -0.39 is 11.6 Å². The third-order valence-corrected chi connectivity index (χ3v) is 3.87. The Kier molecular flexibility index (Phi) is 4.17. The van der Waals surface area contributed by atoms with E-state index in [9.17, 15) is 8.78 Å². The highest BCUT2D eigenvalue weighted by Crippen LogP contribution is 2.27. The smallest absolute Gasteiger partial charge is 0.261 e. The Morgan fingerprint density at radius 1 is 1.33 bits per heavy atom. The Balaban J connectivity index is 1.79. The van der Waals surface area contributed by atoms with Crippen molar-refractivity contribution in [3.63, 3.8) is 0 Å². The Hall–Kier alpha value is -1.53. The first-order chi connectivity index (χ1) is 10.1. The van der Waals surface area contributed by atoms with Crippen LogP contribution in [0.15, 0.2) is 16.7 Å². The number of nitrogens with one attached hydrogen (secondary N) is 1. The summed E-state index contributed by atoms with van der Waals surface area (Å²) in [6.07, 6.45) is 2.88. The van der Waals surface area contributed by atoms with Crippen molar-refractivity contribution in [2.45, 2.75) is 19.3 Å². The maximum atomic E-state index is 13.8. The van der Waals surface area contributed by atoms with Gasteiger partial charge in [0.05, 0.1) is 10.6 Å². The number of hydrogen-bond acceptors (Lipinski definition) is 4. The van der Waals surface area contributed by atoms with E-state index in [-0.39, 0.29) is 16.5 Å². The van der Waals surface area contributed by atoms with Gasteiger partial charge >= 0.3 is 0 Å². The van der Waals surface area contributed by atoms with Crippen molar-refractivity contribution in [1.82, 2.24) is 15.5 Å². The van der Waals surface area contributed by atoms with E-state index in [4.69, 9.17) is 16.1 Å². The van der Waals surface area contributed by atoms with Gasteiger partial charge in [0.1, 0.15) is 11.6 Å². The molecule has 2 aromatic rings. The molecular formula is C14H14ClF2N3O. The monoisotopic (exact) mass is 313 g/mol. The van der Waals surface area contributed by atoms with Gasteiger partial charge in [-0.2, -0.15) is 4.98 Å². The van der Waals surface area contributed by atoms with Gasteiger partial charge in [0.15, 0.2) is 5.82 Å². The first kappa shape index (κ1) is 14.4. The molecule has 1 aromatic carbocycles. The number of hydrogen-bond donors (Lipinski definition) is 1. The fourth-order valence-electron chi connectivity index (χ4n) is 2.49. The fourth-order valence-corrected chi connectivity index (χ4v) is 2.64. The van der Waals surface area contributed by atoms with Crippen LogP contribution in [0.5, 0.6) is 0 Å². The van der Waals surface area contributed by atoms with Gasteiger partial charge in [-0.25, -0.2) is 8.78 Å². The van der Waals surface area contributed by atoms with Crippen molar-refractivity contribution in [2.24, 2.45) is 5.92 Å². The van der Waals surface area contributed by atoms with Gasteiger partial charge in [-0.3, -0.25) is 0 Å². The number of aromatic nitrogens is 2. The molecule has 7 heteroatoms. The molecular weight excluding hydrogens is 300 g/mol. The fraction of sp³-hybridized carbons (Fsp3) is 0.429. The third kappa shape index (κ3) is 3.22. The molecule has 1 atom stereocenters. The molecule has 1 aliphatic rings. The average molecular weight is 314 g/mol. The molecule has 21 heavy (non-hydrogen) atoms. The molecule has 1 aromatic heterocycles. The lowest BCUT2D eigenvalue weighted by Gasteiger charge is -2.20. The maximum absolute atomic E-state index is 13.8. The largest absolute Gasteiger partial charge is 0.334 e. The standard InChI is InChI=1S/C14H14ClF2N3O/c15-10-6-11(16)9(5-12(10)17)14-19-13(20-21-14)4-8-2-1-3-18-7-8/h5-6,8,18H,1-4,7H2. The second-order valence-electron chi connectivity index (χ2n) is 5.18. The summed E-state index contributed by atoms with van der Waals surface area (Å²) in [7, 11) is 0. The van der Waals surface area contributed by atoms with Gasteiger partial charge in [-0.15, -0.1) is 0 Å². The van der Waals surface area contributed by atoms with Crippen molar-refractivity contribution in [2.75, 3.05) is 13.1 Å². The van der Waals surface area contributed by atoms with E-state index in [1.807, 2.05) is 0 Å². The Morgan fingerprint density at radius 2 is 2.19 bits per heavy atom. The molecule has 1 fully saturated rings. The molecule has 2 heterocycles. The number of rotatable bonds is 3. The highest BCUT2D eigenvalue weighted by Gasteiger charge is 2.19. The lowest BCUT2D eigenvalue weighted by Crippen LogP contribution is -2.31. The molecule has 0 amide bonds. The molecule has 1 aliphatic heterocycles. The molecule has 0 aliphatic carbocycles. The van der Waals surface area contributed by atoms with Crippen LogP contribution < -0.4 is 5.32 Å². The minimum atomic E-state index is -0.718. The quantitative estimate of drug-likeness (QED) is 0.884. The predicted octanol–water partition coefficient (Wildman–Crippen LogP) is 3.21. The van der Waals surface area contributed by atoms with Gasteiger partial charge in [-0.1, -0.05) is 16.8 Å². The van der Waals surface area contributed by atoms with E-state index >= 15 is 0 Å². The summed E-state index contributed by atoms with van der Waals surface area (Å²) in [5, 5.41) is 6.88. The summed E-state index contributed by atoms with van der Waals surface area (Å²) in [6.45, 7) is 1.94. The van der Waals surface area contributed by atoms with E-state index in [0.29, 0.717) is 18.2 Å². The van der Waals surface area contributed by atoms with E-state index in [2.05, 4.69) is 15.5 Å². The molecule has 1 unspecified atom stereocenters. The summed E-state index contributed by atoms with van der Waals surface area (Å²) in [6, 6.07) is 1.87. The van der Waals surface area contributed by atoms with E-state index in [0.717, 1.165) is 38.1 Å². The lowest BCUT2D eigenvalue weighted by molar-refractivity contribution is 0.359. The number of nitrogens with zero attached hydrogens (tertiary/aromatic N) is 2. The molecule has 0 spiro atoms. The van der Waals surface area contributed by atoms with Crippen molar-refractivity contribution in [1.29, 1.82) is 0 Å². The van der Waals surface area contributed by atoms with Crippen LogP contribution in [-0.2, 0) is 6.42 Å². The van der Waals surface area contributed by atoms with Crippen molar-refractivity contribution in [3.8, 4) is 11.5 Å². The molecule has 1 saturated heterocycles. The minimum Gasteiger partial charge on any atom is -0.334 e. The highest BCUT2D eigenvalue weighted by molar-refractivity contribution is 6.30. The van der Waals surface area contributed by atoms with Crippen LogP contribution in [0.1, 0.15) is 18.7 Å². The Labute approximate surface area is 125 Å².